The molecule has 1 aromatic carbocycles. The average Bonchev–Trinajstić information content (AvgIpc) is 2.89. The molecule has 1 aromatic heterocycles. The van der Waals surface area contributed by atoms with Gasteiger partial charge in [0, 0.05) is 11.2 Å². The first-order valence-electron chi connectivity index (χ1n) is 6.05. The molecule has 2 N–H and O–H groups in total. The second kappa shape index (κ2) is 7.28. The number of ether oxygens (including phenoxy) is 1. The van der Waals surface area contributed by atoms with Gasteiger partial charge >= 0.3 is 5.97 Å². The predicted octanol–water partition coefficient (Wildman–Crippen LogP) is 2.17. The lowest BCUT2D eigenvalue weighted by atomic mass is 10.2. The number of nitrogens with zero attached hydrogens (tertiary/aromatic N) is 3. The van der Waals surface area contributed by atoms with Crippen LogP contribution in [0.1, 0.15) is 5.56 Å². The highest BCUT2D eigenvalue weighted by molar-refractivity contribution is 9.10. The van der Waals surface area contributed by atoms with Gasteiger partial charge in [-0.15, -0.1) is 0 Å². The first kappa shape index (κ1) is 16.3. The van der Waals surface area contributed by atoms with Gasteiger partial charge in [-0.25, -0.2) is 4.79 Å². The zero-order valence-electron chi connectivity index (χ0n) is 11.5. The number of nitrogens with two attached hydrogens (primary N) is 1. The Morgan fingerprint density at radius 3 is 2.95 bits per heavy atom. The number of aromatic nitrogens is 2. The molecule has 9 heteroatoms. The maximum atomic E-state index is 11.7. The summed E-state index contributed by atoms with van der Waals surface area (Å²) in [5, 5.41) is 7.99. The van der Waals surface area contributed by atoms with Crippen LogP contribution < -0.4 is 10.5 Å². The number of benzene rings is 1. The monoisotopic (exact) mass is 386 g/mol. The van der Waals surface area contributed by atoms with Crippen LogP contribution in [-0.4, -0.2) is 28.7 Å². The van der Waals surface area contributed by atoms with Crippen LogP contribution in [0.4, 0.5) is 0 Å². The number of oxime groups is 1. The second-order valence-corrected chi connectivity index (χ2v) is 5.49. The summed E-state index contributed by atoms with van der Waals surface area (Å²) >= 11 is 9.13. The zero-order chi connectivity index (χ0) is 16.1. The van der Waals surface area contributed by atoms with Crippen LogP contribution in [-0.2, 0) is 16.2 Å². The second-order valence-electron chi connectivity index (χ2n) is 4.14. The van der Waals surface area contributed by atoms with Gasteiger partial charge in [0.2, 0.25) is 0 Å². The van der Waals surface area contributed by atoms with Crippen LogP contribution in [0.25, 0.3) is 0 Å². The number of hydrogen-bond acceptors (Lipinski definition) is 5. The quantitative estimate of drug-likeness (QED) is 0.367. The Balaban J connectivity index is 2.06. The molecule has 0 bridgehead atoms. The summed E-state index contributed by atoms with van der Waals surface area (Å²) in [5.74, 6) is -0.161. The first-order valence-corrected chi connectivity index (χ1v) is 7.22. The molecule has 2 rings (SSSR count). The van der Waals surface area contributed by atoms with Crippen LogP contribution in [0.2, 0.25) is 5.02 Å². The molecule has 0 aliphatic heterocycles. The maximum Gasteiger partial charge on any atom is 0.356 e. The van der Waals surface area contributed by atoms with E-state index in [1.165, 1.54) is 11.8 Å². The minimum Gasteiger partial charge on any atom is -0.496 e. The van der Waals surface area contributed by atoms with E-state index in [4.69, 9.17) is 26.9 Å². The normalized spacial score (nSPS) is 11.3. The van der Waals surface area contributed by atoms with Gasteiger partial charge in [-0.05, 0) is 34.1 Å². The summed E-state index contributed by atoms with van der Waals surface area (Å²) in [6.45, 7) is -0.0882. The number of hydrogen-bond donors (Lipinski definition) is 1. The number of carbonyl (C=O) groups is 1. The number of carbonyl (C=O) groups excluding carboxylic acids is 1. The molecule has 0 amide bonds. The standard InChI is InChI=1S/C13H12BrClN4O3/c1-21-11-3-2-9(15)4-10(11)13(16)18-22-12(20)7-19-6-8(14)5-17-19/h2-6H,7H2,1H3,(H2,16,18). The smallest absolute Gasteiger partial charge is 0.356 e. The van der Waals surface area contributed by atoms with Crippen molar-refractivity contribution in [3.8, 4) is 5.75 Å². The van der Waals surface area contributed by atoms with E-state index in [2.05, 4.69) is 26.2 Å². The van der Waals surface area contributed by atoms with Crippen LogP contribution in [0.5, 0.6) is 5.75 Å². The van der Waals surface area contributed by atoms with Crippen molar-refractivity contribution in [1.29, 1.82) is 0 Å². The summed E-state index contributed by atoms with van der Waals surface area (Å²) in [7, 11) is 1.49. The van der Waals surface area contributed by atoms with Gasteiger partial charge in [-0.1, -0.05) is 16.8 Å². The van der Waals surface area contributed by atoms with Gasteiger partial charge in [0.15, 0.2) is 5.84 Å². The highest BCUT2D eigenvalue weighted by atomic mass is 79.9. The molecule has 0 aliphatic rings. The van der Waals surface area contributed by atoms with E-state index in [-0.39, 0.29) is 12.4 Å². The fourth-order valence-corrected chi connectivity index (χ4v) is 2.12. The number of halogens is 2. The van der Waals surface area contributed by atoms with Crippen LogP contribution in [0, 0.1) is 0 Å². The Kier molecular flexibility index (Phi) is 5.40. The first-order chi connectivity index (χ1) is 10.5. The third-order valence-electron chi connectivity index (χ3n) is 2.58. The summed E-state index contributed by atoms with van der Waals surface area (Å²) in [6, 6.07) is 4.86. The zero-order valence-corrected chi connectivity index (χ0v) is 13.8. The third kappa shape index (κ3) is 4.22. The fraction of sp³-hybridized carbons (Fsp3) is 0.154. The van der Waals surface area contributed by atoms with E-state index < -0.39 is 5.97 Å². The Morgan fingerprint density at radius 2 is 2.32 bits per heavy atom. The molecule has 1 heterocycles. The average molecular weight is 388 g/mol. The van der Waals surface area contributed by atoms with Gasteiger partial charge in [-0.3, -0.25) is 4.68 Å². The highest BCUT2D eigenvalue weighted by Gasteiger charge is 2.11. The summed E-state index contributed by atoms with van der Waals surface area (Å²) in [5.41, 5.74) is 6.23. The van der Waals surface area contributed by atoms with E-state index in [0.717, 1.165) is 4.47 Å². The Bertz CT molecular complexity index is 717. The van der Waals surface area contributed by atoms with Gasteiger partial charge < -0.3 is 15.3 Å². The molecule has 0 saturated heterocycles. The molecule has 2 aromatic rings. The molecule has 116 valence electrons. The molecule has 0 unspecified atom stereocenters. The molecule has 0 atom stereocenters. The van der Waals surface area contributed by atoms with E-state index in [1.54, 1.807) is 30.6 Å². The lowest BCUT2D eigenvalue weighted by Crippen LogP contribution is -2.18. The maximum absolute atomic E-state index is 11.7. The van der Waals surface area contributed by atoms with Crippen LogP contribution in [0.15, 0.2) is 40.2 Å². The minimum atomic E-state index is -0.612. The third-order valence-corrected chi connectivity index (χ3v) is 3.22. The lowest BCUT2D eigenvalue weighted by molar-refractivity contribution is -0.144. The van der Waals surface area contributed by atoms with Crippen LogP contribution in [0.3, 0.4) is 0 Å². The van der Waals surface area contributed by atoms with E-state index in [0.29, 0.717) is 16.3 Å². The fourth-order valence-electron chi connectivity index (χ4n) is 1.62. The molecule has 0 saturated carbocycles. The molecular formula is C13H12BrClN4O3. The van der Waals surface area contributed by atoms with Crippen molar-refractivity contribution < 1.29 is 14.4 Å². The van der Waals surface area contributed by atoms with Crippen molar-refractivity contribution in [3.05, 3.63) is 45.7 Å². The molecular weight excluding hydrogens is 376 g/mol. The molecule has 0 radical (unpaired) electrons. The van der Waals surface area contributed by atoms with E-state index in [9.17, 15) is 4.79 Å². The van der Waals surface area contributed by atoms with Crippen molar-refractivity contribution in [2.45, 2.75) is 6.54 Å². The molecule has 7 nitrogen and oxygen atoms in total. The van der Waals surface area contributed by atoms with Crippen molar-refractivity contribution in [2.75, 3.05) is 7.11 Å². The Morgan fingerprint density at radius 1 is 1.55 bits per heavy atom. The summed E-state index contributed by atoms with van der Waals surface area (Å²) in [6.07, 6.45) is 3.19. The number of rotatable bonds is 5. The van der Waals surface area contributed by atoms with E-state index >= 15 is 0 Å². The lowest BCUT2D eigenvalue weighted by Gasteiger charge is -2.07. The van der Waals surface area contributed by atoms with Crippen molar-refractivity contribution in [3.63, 3.8) is 0 Å². The van der Waals surface area contributed by atoms with Gasteiger partial charge in [0.25, 0.3) is 0 Å². The molecule has 0 aliphatic carbocycles. The number of methoxy groups -OCH3 is 1. The number of amidine groups is 1. The Labute approximate surface area is 139 Å². The van der Waals surface area contributed by atoms with Gasteiger partial charge in [0.1, 0.15) is 12.3 Å². The van der Waals surface area contributed by atoms with Crippen LogP contribution >= 0.6 is 27.5 Å². The molecule has 0 spiro atoms. The largest absolute Gasteiger partial charge is 0.496 e. The SMILES string of the molecule is COc1ccc(Cl)cc1/C(N)=N/OC(=O)Cn1cc(Br)cn1. The van der Waals surface area contributed by atoms with Gasteiger partial charge in [-0.2, -0.15) is 5.10 Å². The van der Waals surface area contributed by atoms with Crippen molar-refractivity contribution >= 4 is 39.3 Å². The highest BCUT2D eigenvalue weighted by Crippen LogP contribution is 2.22. The van der Waals surface area contributed by atoms with E-state index in [1.807, 2.05) is 0 Å². The topological polar surface area (TPSA) is 91.7 Å². The Hall–Kier alpha value is -2.06. The molecule has 22 heavy (non-hydrogen) atoms. The summed E-state index contributed by atoms with van der Waals surface area (Å²) < 4.78 is 7.30. The summed E-state index contributed by atoms with van der Waals surface area (Å²) in [4.78, 5) is 16.4. The van der Waals surface area contributed by atoms with Crippen molar-refractivity contribution in [2.24, 2.45) is 10.9 Å². The predicted molar refractivity (Wildman–Crippen MR) is 84.7 cm³/mol. The molecule has 0 fully saturated rings. The van der Waals surface area contributed by atoms with Gasteiger partial charge in [0.05, 0.1) is 23.3 Å². The van der Waals surface area contributed by atoms with Crippen molar-refractivity contribution in [1.82, 2.24) is 9.78 Å². The minimum absolute atomic E-state index is 0.0191.